The molecule has 37 heavy (non-hydrogen) atoms. The summed E-state index contributed by atoms with van der Waals surface area (Å²) >= 11 is 3.50. The second-order valence-electron chi connectivity index (χ2n) is 8.07. The Bertz CT molecular complexity index is 1380. The topological polar surface area (TPSA) is 107 Å². The number of hydrogen-bond acceptors (Lipinski definition) is 7. The van der Waals surface area contributed by atoms with E-state index in [2.05, 4.69) is 26.5 Å². The van der Waals surface area contributed by atoms with Crippen molar-refractivity contribution in [3.63, 3.8) is 0 Å². The Morgan fingerprint density at radius 1 is 1.08 bits per heavy atom. The standard InChI is InChI=1S/C26H28BrN3O6S/c1-18-8-10-19(11-9-18)17-36-26-23(27)12-20(13-24(26)35-3)15-28-29-25(31)16-30(37(4,32)33)21-6-5-7-22(14-21)34-2/h5-15H,16-17H2,1-4H3,(H,29,31)/b28-15-. The first-order valence-corrected chi connectivity index (χ1v) is 13.7. The lowest BCUT2D eigenvalue weighted by Gasteiger charge is -2.21. The summed E-state index contributed by atoms with van der Waals surface area (Å²) in [4.78, 5) is 12.5. The minimum absolute atomic E-state index is 0.302. The quantitative estimate of drug-likeness (QED) is 0.264. The highest BCUT2D eigenvalue weighted by Crippen LogP contribution is 2.37. The average Bonchev–Trinajstić information content (AvgIpc) is 2.86. The zero-order valence-electron chi connectivity index (χ0n) is 20.9. The van der Waals surface area contributed by atoms with Crippen LogP contribution in [0.15, 0.2) is 70.2 Å². The second-order valence-corrected chi connectivity index (χ2v) is 10.8. The summed E-state index contributed by atoms with van der Waals surface area (Å²) in [5.74, 6) is 0.867. The molecule has 0 aliphatic rings. The van der Waals surface area contributed by atoms with Crippen molar-refractivity contribution in [3.8, 4) is 17.2 Å². The maximum atomic E-state index is 12.5. The molecule has 0 unspecified atom stereocenters. The highest BCUT2D eigenvalue weighted by Gasteiger charge is 2.21. The molecule has 0 aliphatic heterocycles. The summed E-state index contributed by atoms with van der Waals surface area (Å²) < 4.78 is 42.8. The van der Waals surface area contributed by atoms with Crippen LogP contribution in [0.25, 0.3) is 0 Å². The minimum Gasteiger partial charge on any atom is -0.497 e. The van der Waals surface area contributed by atoms with Gasteiger partial charge in [-0.15, -0.1) is 0 Å². The Morgan fingerprint density at radius 2 is 1.81 bits per heavy atom. The first-order valence-electron chi connectivity index (χ1n) is 11.1. The molecular formula is C26H28BrN3O6S. The summed E-state index contributed by atoms with van der Waals surface area (Å²) in [5.41, 5.74) is 5.47. The number of nitrogens with zero attached hydrogens (tertiary/aromatic N) is 2. The van der Waals surface area contributed by atoms with Crippen molar-refractivity contribution < 1.29 is 27.4 Å². The number of carbonyl (C=O) groups excluding carboxylic acids is 1. The zero-order valence-corrected chi connectivity index (χ0v) is 23.3. The van der Waals surface area contributed by atoms with Crippen LogP contribution in [0.1, 0.15) is 16.7 Å². The summed E-state index contributed by atoms with van der Waals surface area (Å²) in [6, 6.07) is 17.9. The highest BCUT2D eigenvalue weighted by molar-refractivity contribution is 9.10. The Labute approximate surface area is 225 Å². The molecular weight excluding hydrogens is 562 g/mol. The number of nitrogens with one attached hydrogen (secondary N) is 1. The highest BCUT2D eigenvalue weighted by atomic mass is 79.9. The van der Waals surface area contributed by atoms with Gasteiger partial charge >= 0.3 is 0 Å². The van der Waals surface area contributed by atoms with Crippen molar-refractivity contribution in [3.05, 3.63) is 81.8 Å². The van der Waals surface area contributed by atoms with Crippen molar-refractivity contribution in [1.29, 1.82) is 0 Å². The molecule has 1 amide bonds. The van der Waals surface area contributed by atoms with E-state index in [1.165, 1.54) is 32.1 Å². The van der Waals surface area contributed by atoms with Crippen LogP contribution in [0.2, 0.25) is 0 Å². The van der Waals surface area contributed by atoms with Gasteiger partial charge in [0.2, 0.25) is 10.0 Å². The van der Waals surface area contributed by atoms with Gasteiger partial charge in [-0.25, -0.2) is 13.8 Å². The molecule has 11 heteroatoms. The number of hydrogen-bond donors (Lipinski definition) is 1. The van der Waals surface area contributed by atoms with Gasteiger partial charge in [-0.2, -0.15) is 5.10 Å². The third-order valence-electron chi connectivity index (χ3n) is 5.19. The van der Waals surface area contributed by atoms with Gasteiger partial charge < -0.3 is 14.2 Å². The fourth-order valence-electron chi connectivity index (χ4n) is 3.30. The van der Waals surface area contributed by atoms with Crippen molar-refractivity contribution in [2.45, 2.75) is 13.5 Å². The number of amides is 1. The van der Waals surface area contributed by atoms with Crippen LogP contribution in [0.3, 0.4) is 0 Å². The molecule has 0 saturated heterocycles. The van der Waals surface area contributed by atoms with E-state index in [-0.39, 0.29) is 0 Å². The van der Waals surface area contributed by atoms with Gasteiger partial charge in [0.25, 0.3) is 5.91 Å². The van der Waals surface area contributed by atoms with Crippen LogP contribution in [0, 0.1) is 6.92 Å². The summed E-state index contributed by atoms with van der Waals surface area (Å²) in [6.07, 6.45) is 2.44. The van der Waals surface area contributed by atoms with E-state index in [9.17, 15) is 13.2 Å². The van der Waals surface area contributed by atoms with Crippen molar-refractivity contribution in [1.82, 2.24) is 5.43 Å². The maximum absolute atomic E-state index is 12.5. The molecule has 3 rings (SSSR count). The van der Waals surface area contributed by atoms with E-state index in [1.54, 1.807) is 30.3 Å². The molecule has 0 atom stereocenters. The van der Waals surface area contributed by atoms with Gasteiger partial charge in [-0.05, 0) is 58.2 Å². The fourth-order valence-corrected chi connectivity index (χ4v) is 4.73. The SMILES string of the molecule is COc1cccc(N(CC(=O)N/N=C\c2cc(Br)c(OCc3ccc(C)cc3)c(OC)c2)S(C)(=O)=O)c1. The van der Waals surface area contributed by atoms with Crippen molar-refractivity contribution >= 4 is 43.8 Å². The van der Waals surface area contributed by atoms with Gasteiger partial charge in [-0.3, -0.25) is 9.10 Å². The lowest BCUT2D eigenvalue weighted by molar-refractivity contribution is -0.119. The number of halogens is 1. The van der Waals surface area contributed by atoms with Gasteiger partial charge in [0.1, 0.15) is 18.9 Å². The number of ether oxygens (including phenoxy) is 3. The van der Waals surface area contributed by atoms with Crippen LogP contribution in [0.4, 0.5) is 5.69 Å². The average molecular weight is 590 g/mol. The zero-order chi connectivity index (χ0) is 27.0. The number of anilines is 1. The van der Waals surface area contributed by atoms with E-state index in [1.807, 2.05) is 31.2 Å². The van der Waals surface area contributed by atoms with Crippen LogP contribution in [-0.4, -0.2) is 47.6 Å². The first-order chi connectivity index (χ1) is 17.6. The second kappa shape index (κ2) is 12.6. The summed E-state index contributed by atoms with van der Waals surface area (Å²) in [5, 5.41) is 3.96. The third-order valence-corrected chi connectivity index (χ3v) is 6.92. The van der Waals surface area contributed by atoms with Gasteiger partial charge in [0, 0.05) is 6.07 Å². The Morgan fingerprint density at radius 3 is 2.46 bits per heavy atom. The van der Waals surface area contributed by atoms with Crippen LogP contribution < -0.4 is 23.9 Å². The number of benzene rings is 3. The molecule has 0 spiro atoms. The molecule has 0 aromatic heterocycles. The number of aryl methyl sites for hydroxylation is 1. The van der Waals surface area contributed by atoms with Crippen molar-refractivity contribution in [2.75, 3.05) is 31.3 Å². The van der Waals surface area contributed by atoms with Crippen LogP contribution >= 0.6 is 15.9 Å². The molecule has 0 saturated carbocycles. The first kappa shape index (κ1) is 28.0. The molecule has 0 aliphatic carbocycles. The summed E-state index contributed by atoms with van der Waals surface area (Å²) in [6.45, 7) is 1.93. The van der Waals surface area contributed by atoms with Crippen LogP contribution in [0.5, 0.6) is 17.2 Å². The molecule has 0 fully saturated rings. The fraction of sp³-hybridized carbons (Fsp3) is 0.231. The molecule has 1 N–H and O–H groups in total. The monoisotopic (exact) mass is 589 g/mol. The lowest BCUT2D eigenvalue weighted by atomic mass is 10.2. The largest absolute Gasteiger partial charge is 0.497 e. The molecule has 0 heterocycles. The number of hydrazone groups is 1. The number of rotatable bonds is 11. The molecule has 3 aromatic carbocycles. The Balaban J connectivity index is 1.68. The predicted molar refractivity (Wildman–Crippen MR) is 147 cm³/mol. The molecule has 0 radical (unpaired) electrons. The molecule has 0 bridgehead atoms. The van der Waals surface area contributed by atoms with E-state index in [0.29, 0.717) is 39.6 Å². The third kappa shape index (κ3) is 7.96. The molecule has 9 nitrogen and oxygen atoms in total. The summed E-state index contributed by atoms with van der Waals surface area (Å²) in [7, 11) is -0.731. The van der Waals surface area contributed by atoms with Gasteiger partial charge in [0.15, 0.2) is 11.5 Å². The Kier molecular flexibility index (Phi) is 9.54. The van der Waals surface area contributed by atoms with E-state index in [0.717, 1.165) is 16.1 Å². The molecule has 3 aromatic rings. The van der Waals surface area contributed by atoms with E-state index < -0.39 is 22.5 Å². The number of carbonyl (C=O) groups is 1. The normalized spacial score (nSPS) is 11.3. The van der Waals surface area contributed by atoms with Crippen LogP contribution in [-0.2, 0) is 21.4 Å². The van der Waals surface area contributed by atoms with Crippen molar-refractivity contribution in [2.24, 2.45) is 5.10 Å². The van der Waals surface area contributed by atoms with E-state index in [4.69, 9.17) is 14.2 Å². The van der Waals surface area contributed by atoms with Gasteiger partial charge in [0.05, 0.1) is 36.9 Å². The minimum atomic E-state index is -3.73. The van der Waals surface area contributed by atoms with E-state index >= 15 is 0 Å². The number of methoxy groups -OCH3 is 2. The smallest absolute Gasteiger partial charge is 0.260 e. The lowest BCUT2D eigenvalue weighted by Crippen LogP contribution is -2.39. The Hall–Kier alpha value is -3.57. The predicted octanol–water partition coefficient (Wildman–Crippen LogP) is 4.27. The maximum Gasteiger partial charge on any atom is 0.260 e. The number of sulfonamides is 1. The van der Waals surface area contributed by atoms with Gasteiger partial charge in [-0.1, -0.05) is 35.9 Å². The molecule has 196 valence electrons.